The van der Waals surface area contributed by atoms with Crippen molar-refractivity contribution in [1.82, 2.24) is 5.32 Å². The number of rotatable bonds is 7. The lowest BCUT2D eigenvalue weighted by Gasteiger charge is -2.22. The SMILES string of the molecule is CC[C@H](C)[C@H](NC(=O)C(C)Oc1ccc(C#N)cc1)C(=O)O. The number of nitriles is 1. The van der Waals surface area contributed by atoms with Crippen LogP contribution in [-0.2, 0) is 9.59 Å². The molecule has 1 rings (SSSR count). The Morgan fingerprint density at radius 2 is 1.91 bits per heavy atom. The minimum Gasteiger partial charge on any atom is -0.481 e. The Morgan fingerprint density at radius 3 is 2.36 bits per heavy atom. The molecule has 2 N–H and O–H groups in total. The number of aliphatic carboxylic acids is 1. The lowest BCUT2D eigenvalue weighted by Crippen LogP contribution is -2.49. The Balaban J connectivity index is 2.67. The van der Waals surface area contributed by atoms with E-state index in [1.807, 2.05) is 13.0 Å². The van der Waals surface area contributed by atoms with E-state index in [-0.39, 0.29) is 5.92 Å². The first-order valence-electron chi connectivity index (χ1n) is 7.09. The highest BCUT2D eigenvalue weighted by atomic mass is 16.5. The van der Waals surface area contributed by atoms with Crippen LogP contribution in [0.15, 0.2) is 24.3 Å². The fourth-order valence-electron chi connectivity index (χ4n) is 1.82. The molecule has 3 atom stereocenters. The van der Waals surface area contributed by atoms with Crippen molar-refractivity contribution in [1.29, 1.82) is 5.26 Å². The maximum atomic E-state index is 12.1. The summed E-state index contributed by atoms with van der Waals surface area (Å²) in [5.74, 6) is -1.29. The number of ether oxygens (including phenoxy) is 1. The zero-order valence-corrected chi connectivity index (χ0v) is 12.9. The fourth-order valence-corrected chi connectivity index (χ4v) is 1.82. The van der Waals surface area contributed by atoms with E-state index in [4.69, 9.17) is 15.1 Å². The molecule has 22 heavy (non-hydrogen) atoms. The van der Waals surface area contributed by atoms with Gasteiger partial charge in [-0.15, -0.1) is 0 Å². The summed E-state index contributed by atoms with van der Waals surface area (Å²) >= 11 is 0. The third-order valence-electron chi connectivity index (χ3n) is 3.44. The topological polar surface area (TPSA) is 99.4 Å². The van der Waals surface area contributed by atoms with Gasteiger partial charge >= 0.3 is 5.97 Å². The van der Waals surface area contributed by atoms with Crippen LogP contribution in [0, 0.1) is 17.2 Å². The number of carbonyl (C=O) groups is 2. The first-order chi connectivity index (χ1) is 10.4. The quantitative estimate of drug-likeness (QED) is 0.802. The average Bonchev–Trinajstić information content (AvgIpc) is 2.51. The molecule has 6 nitrogen and oxygen atoms in total. The van der Waals surface area contributed by atoms with E-state index in [9.17, 15) is 9.59 Å². The summed E-state index contributed by atoms with van der Waals surface area (Å²) in [6, 6.07) is 7.39. The second-order valence-electron chi connectivity index (χ2n) is 5.11. The first kappa shape index (κ1) is 17.5. The third kappa shape index (κ3) is 4.77. The minimum absolute atomic E-state index is 0.177. The van der Waals surface area contributed by atoms with Gasteiger partial charge in [-0.1, -0.05) is 20.3 Å². The van der Waals surface area contributed by atoms with Crippen LogP contribution in [0.2, 0.25) is 0 Å². The zero-order chi connectivity index (χ0) is 16.7. The number of carboxylic acids is 1. The molecule has 1 unspecified atom stereocenters. The van der Waals surface area contributed by atoms with Crippen LogP contribution >= 0.6 is 0 Å². The second kappa shape index (κ2) is 8.03. The smallest absolute Gasteiger partial charge is 0.326 e. The minimum atomic E-state index is -1.06. The van der Waals surface area contributed by atoms with Gasteiger partial charge in [0.15, 0.2) is 6.10 Å². The van der Waals surface area contributed by atoms with Crippen molar-refractivity contribution in [2.24, 2.45) is 5.92 Å². The highest BCUT2D eigenvalue weighted by Crippen LogP contribution is 2.14. The van der Waals surface area contributed by atoms with Gasteiger partial charge in [-0.25, -0.2) is 4.79 Å². The number of nitrogens with zero attached hydrogens (tertiary/aromatic N) is 1. The van der Waals surface area contributed by atoms with Gasteiger partial charge in [-0.2, -0.15) is 5.26 Å². The number of hydrogen-bond acceptors (Lipinski definition) is 4. The highest BCUT2D eigenvalue weighted by molar-refractivity contribution is 5.86. The molecule has 6 heteroatoms. The monoisotopic (exact) mass is 304 g/mol. The molecule has 0 radical (unpaired) electrons. The Labute approximate surface area is 129 Å². The van der Waals surface area contributed by atoms with Crippen LogP contribution in [0.25, 0.3) is 0 Å². The van der Waals surface area contributed by atoms with Gasteiger partial charge in [-0.3, -0.25) is 4.79 Å². The van der Waals surface area contributed by atoms with Gasteiger partial charge < -0.3 is 15.2 Å². The van der Waals surface area contributed by atoms with Crippen molar-refractivity contribution >= 4 is 11.9 Å². The largest absolute Gasteiger partial charge is 0.481 e. The van der Waals surface area contributed by atoms with E-state index in [2.05, 4.69) is 5.32 Å². The van der Waals surface area contributed by atoms with Crippen LogP contribution in [0.3, 0.4) is 0 Å². The molecule has 0 aliphatic heterocycles. The van der Waals surface area contributed by atoms with Crippen molar-refractivity contribution in [2.75, 3.05) is 0 Å². The van der Waals surface area contributed by atoms with E-state index in [0.717, 1.165) is 0 Å². The number of nitrogens with one attached hydrogen (secondary N) is 1. The summed E-state index contributed by atoms with van der Waals surface area (Å²) in [4.78, 5) is 23.3. The van der Waals surface area contributed by atoms with Crippen molar-refractivity contribution in [2.45, 2.75) is 39.3 Å². The normalized spacial score (nSPS) is 14.3. The molecule has 118 valence electrons. The Kier molecular flexibility index (Phi) is 6.39. The van der Waals surface area contributed by atoms with E-state index < -0.39 is 24.0 Å². The van der Waals surface area contributed by atoms with Gasteiger partial charge in [0, 0.05) is 0 Å². The Hall–Kier alpha value is -2.55. The number of hydrogen-bond donors (Lipinski definition) is 2. The van der Waals surface area contributed by atoms with Crippen molar-refractivity contribution in [3.8, 4) is 11.8 Å². The maximum Gasteiger partial charge on any atom is 0.326 e. The van der Waals surface area contributed by atoms with Crippen LogP contribution in [0.4, 0.5) is 0 Å². The highest BCUT2D eigenvalue weighted by Gasteiger charge is 2.27. The maximum absolute atomic E-state index is 12.1. The molecule has 0 heterocycles. The van der Waals surface area contributed by atoms with Crippen LogP contribution in [0.1, 0.15) is 32.8 Å². The van der Waals surface area contributed by atoms with Gasteiger partial charge in [-0.05, 0) is 37.1 Å². The number of carbonyl (C=O) groups excluding carboxylic acids is 1. The predicted molar refractivity (Wildman–Crippen MR) is 80.3 cm³/mol. The Morgan fingerprint density at radius 1 is 1.32 bits per heavy atom. The fraction of sp³-hybridized carbons (Fsp3) is 0.438. The summed E-state index contributed by atoms with van der Waals surface area (Å²) < 4.78 is 5.46. The summed E-state index contributed by atoms with van der Waals surface area (Å²) in [6.07, 6.45) is -0.193. The molecule has 0 aliphatic carbocycles. The average molecular weight is 304 g/mol. The van der Waals surface area contributed by atoms with Crippen molar-refractivity contribution in [3.63, 3.8) is 0 Å². The molecule has 0 saturated carbocycles. The molecule has 0 aliphatic rings. The second-order valence-corrected chi connectivity index (χ2v) is 5.11. The number of carboxylic acid groups (broad SMARTS) is 1. The van der Waals surface area contributed by atoms with E-state index in [1.54, 1.807) is 38.1 Å². The summed E-state index contributed by atoms with van der Waals surface area (Å²) in [6.45, 7) is 5.18. The van der Waals surface area contributed by atoms with Crippen LogP contribution in [-0.4, -0.2) is 29.1 Å². The zero-order valence-electron chi connectivity index (χ0n) is 12.9. The van der Waals surface area contributed by atoms with Crippen molar-refractivity contribution < 1.29 is 19.4 Å². The molecule has 1 amide bonds. The molecule has 0 saturated heterocycles. The van der Waals surface area contributed by atoms with Crippen LogP contribution < -0.4 is 10.1 Å². The lowest BCUT2D eigenvalue weighted by molar-refractivity contribution is -0.144. The first-order valence-corrected chi connectivity index (χ1v) is 7.09. The molecule has 0 fully saturated rings. The van der Waals surface area contributed by atoms with Gasteiger partial charge in [0.2, 0.25) is 0 Å². The van der Waals surface area contributed by atoms with Gasteiger partial charge in [0.1, 0.15) is 11.8 Å². The van der Waals surface area contributed by atoms with Gasteiger partial charge in [0.05, 0.1) is 11.6 Å². The molecule has 0 bridgehead atoms. The summed E-state index contributed by atoms with van der Waals surface area (Å²) in [5.41, 5.74) is 0.493. The molecule has 0 spiro atoms. The molecule has 0 aromatic heterocycles. The lowest BCUT2D eigenvalue weighted by atomic mass is 9.99. The third-order valence-corrected chi connectivity index (χ3v) is 3.44. The molecule has 1 aromatic carbocycles. The summed E-state index contributed by atoms with van der Waals surface area (Å²) in [7, 11) is 0. The summed E-state index contributed by atoms with van der Waals surface area (Å²) in [5, 5.41) is 20.4. The van der Waals surface area contributed by atoms with E-state index in [0.29, 0.717) is 17.7 Å². The molecular weight excluding hydrogens is 284 g/mol. The van der Waals surface area contributed by atoms with Crippen LogP contribution in [0.5, 0.6) is 5.75 Å². The number of amides is 1. The number of benzene rings is 1. The van der Waals surface area contributed by atoms with Crippen molar-refractivity contribution in [3.05, 3.63) is 29.8 Å². The van der Waals surface area contributed by atoms with E-state index in [1.165, 1.54) is 0 Å². The Bertz CT molecular complexity index is 563. The van der Waals surface area contributed by atoms with E-state index >= 15 is 0 Å². The molecular formula is C16H20N2O4. The standard InChI is InChI=1S/C16H20N2O4/c1-4-10(2)14(16(20)21)18-15(19)11(3)22-13-7-5-12(9-17)6-8-13/h5-8,10-11,14H,4H2,1-3H3,(H,18,19)(H,20,21)/t10-,11?,14-/m0/s1. The van der Waals surface area contributed by atoms with Gasteiger partial charge in [0.25, 0.3) is 5.91 Å². The molecule has 1 aromatic rings. The predicted octanol–water partition coefficient (Wildman–Crippen LogP) is 1.94.